The Bertz CT molecular complexity index is 482. The van der Waals surface area contributed by atoms with E-state index in [4.69, 9.17) is 5.84 Å². The highest BCUT2D eigenvalue weighted by molar-refractivity contribution is 5.13. The molecular formula is C26H50N3O3+. The Hall–Kier alpha value is -1.66. The number of hydrazine groups is 1. The molecule has 0 aromatic heterocycles. The van der Waals surface area contributed by atoms with Crippen molar-refractivity contribution in [3.8, 4) is 0 Å². The van der Waals surface area contributed by atoms with Crippen LogP contribution in [0.4, 0.5) is 0 Å². The summed E-state index contributed by atoms with van der Waals surface area (Å²) >= 11 is 0. The summed E-state index contributed by atoms with van der Waals surface area (Å²) in [5.74, 6) is 5.24. The highest BCUT2D eigenvalue weighted by Crippen LogP contribution is 2.13. The van der Waals surface area contributed by atoms with Crippen LogP contribution in [0.5, 0.6) is 0 Å². The minimum atomic E-state index is 0.0764. The second kappa shape index (κ2) is 25.6. The molecule has 3 N–H and O–H groups in total. The largest absolute Gasteiger partial charge is 0.477 e. The Morgan fingerprint density at radius 1 is 0.750 bits per heavy atom. The first-order chi connectivity index (χ1) is 15.7. The maximum atomic E-state index is 10.5. The van der Waals surface area contributed by atoms with Crippen molar-refractivity contribution < 1.29 is 14.8 Å². The van der Waals surface area contributed by atoms with Gasteiger partial charge in [-0.3, -0.25) is 11.3 Å². The fourth-order valence-electron chi connectivity index (χ4n) is 3.53. The van der Waals surface area contributed by atoms with Crippen LogP contribution in [0, 0.1) is 4.91 Å². The fourth-order valence-corrected chi connectivity index (χ4v) is 3.53. The summed E-state index contributed by atoms with van der Waals surface area (Å²) in [6, 6.07) is 9.38. The SMILES string of the molecule is CCCCCCCCCCCCCCCCCCNN.CO[N+](=O)OCc1ccccc1. The number of hydrogen-bond acceptors (Lipinski definition) is 5. The van der Waals surface area contributed by atoms with Crippen molar-refractivity contribution in [2.45, 2.75) is 116 Å². The van der Waals surface area contributed by atoms with Gasteiger partial charge in [-0.2, -0.15) is 9.68 Å². The Balaban J connectivity index is 0.000000677. The molecule has 0 atom stereocenters. The first-order valence-electron chi connectivity index (χ1n) is 12.9. The summed E-state index contributed by atoms with van der Waals surface area (Å²) in [4.78, 5) is 19.3. The van der Waals surface area contributed by atoms with E-state index in [1.807, 2.05) is 30.3 Å². The average molecular weight is 453 g/mol. The molecule has 0 aliphatic heterocycles. The lowest BCUT2D eigenvalue weighted by atomic mass is 10.0. The van der Waals surface area contributed by atoms with E-state index >= 15 is 0 Å². The normalized spacial score (nSPS) is 10.3. The van der Waals surface area contributed by atoms with E-state index in [-0.39, 0.29) is 11.7 Å². The quantitative estimate of drug-likeness (QED) is 0.117. The van der Waals surface area contributed by atoms with Gasteiger partial charge in [-0.25, -0.2) is 0 Å². The molecule has 1 rings (SSSR count). The minimum absolute atomic E-state index is 0.0764. The van der Waals surface area contributed by atoms with Gasteiger partial charge in [0, 0.05) is 6.54 Å². The molecule has 0 bridgehead atoms. The van der Waals surface area contributed by atoms with Crippen LogP contribution in [0.3, 0.4) is 0 Å². The number of unbranched alkanes of at least 4 members (excludes halogenated alkanes) is 15. The minimum Gasteiger partial charge on any atom is -0.271 e. The Morgan fingerprint density at radius 3 is 1.59 bits per heavy atom. The number of nitrogens with zero attached hydrogens (tertiary/aromatic N) is 1. The molecule has 6 heteroatoms. The molecule has 186 valence electrons. The van der Waals surface area contributed by atoms with Crippen LogP contribution in [-0.2, 0) is 16.3 Å². The lowest BCUT2D eigenvalue weighted by molar-refractivity contribution is -0.980. The van der Waals surface area contributed by atoms with Crippen LogP contribution in [0.1, 0.15) is 115 Å². The Labute approximate surface area is 197 Å². The molecule has 0 radical (unpaired) electrons. The number of rotatable bonds is 21. The molecule has 6 nitrogen and oxygen atoms in total. The summed E-state index contributed by atoms with van der Waals surface area (Å²) in [5, 5.41) is 0.0764. The van der Waals surface area contributed by atoms with Crippen LogP contribution in [0.2, 0.25) is 0 Å². The fraction of sp³-hybridized carbons (Fsp3) is 0.769. The lowest BCUT2D eigenvalue weighted by Crippen LogP contribution is -2.22. The van der Waals surface area contributed by atoms with E-state index in [1.54, 1.807) is 0 Å². The number of nitrogens with one attached hydrogen (secondary N) is 1. The zero-order valence-electron chi connectivity index (χ0n) is 20.9. The van der Waals surface area contributed by atoms with Gasteiger partial charge in [-0.15, -0.1) is 0 Å². The van der Waals surface area contributed by atoms with Crippen molar-refractivity contribution in [3.05, 3.63) is 40.8 Å². The summed E-state index contributed by atoms with van der Waals surface area (Å²) in [7, 11) is 1.25. The number of nitrogens with two attached hydrogens (primary N) is 1. The van der Waals surface area contributed by atoms with Crippen LogP contribution >= 0.6 is 0 Å². The van der Waals surface area contributed by atoms with Crippen molar-refractivity contribution >= 4 is 0 Å². The third kappa shape index (κ3) is 23.0. The van der Waals surface area contributed by atoms with Gasteiger partial charge in [0.25, 0.3) is 0 Å². The van der Waals surface area contributed by atoms with Crippen molar-refractivity contribution in [2.24, 2.45) is 5.84 Å². The standard InChI is InChI=1S/C18H40N2.C8H10NO3/c1-2-3-4-5-6-7-8-9-10-11-12-13-14-15-16-17-18-20-19;1-11-9(10)12-7-8-5-3-2-4-6-8/h20H,2-19H2,1H3;2-6H,7H2,1H3/q;+1. The first kappa shape index (κ1) is 30.3. The van der Waals surface area contributed by atoms with Crippen LogP contribution in [-0.4, -0.2) is 18.7 Å². The number of hydrogen-bond donors (Lipinski definition) is 2. The molecule has 0 saturated carbocycles. The molecule has 32 heavy (non-hydrogen) atoms. The number of benzene rings is 1. The van der Waals surface area contributed by atoms with E-state index in [1.165, 1.54) is 110 Å². The van der Waals surface area contributed by atoms with Crippen LogP contribution in [0.25, 0.3) is 0 Å². The van der Waals surface area contributed by atoms with Gasteiger partial charge in [0.1, 0.15) is 4.91 Å². The third-order valence-electron chi connectivity index (χ3n) is 5.50. The third-order valence-corrected chi connectivity index (χ3v) is 5.50. The molecule has 0 saturated heterocycles. The van der Waals surface area contributed by atoms with Gasteiger partial charge in [-0.1, -0.05) is 134 Å². The highest BCUT2D eigenvalue weighted by atomic mass is 17.0. The van der Waals surface area contributed by atoms with E-state index in [0.29, 0.717) is 0 Å². The second-order valence-electron chi connectivity index (χ2n) is 8.42. The Kier molecular flexibility index (Phi) is 24.3. The molecular weight excluding hydrogens is 402 g/mol. The molecule has 0 aliphatic rings. The van der Waals surface area contributed by atoms with Crippen molar-refractivity contribution in [1.82, 2.24) is 5.43 Å². The molecule has 0 heterocycles. The first-order valence-corrected chi connectivity index (χ1v) is 12.9. The van der Waals surface area contributed by atoms with E-state index in [2.05, 4.69) is 22.0 Å². The second-order valence-corrected chi connectivity index (χ2v) is 8.42. The molecule has 0 unspecified atom stereocenters. The summed E-state index contributed by atoms with van der Waals surface area (Å²) < 4.78 is 0. The predicted octanol–water partition coefficient (Wildman–Crippen LogP) is 7.17. The summed E-state index contributed by atoms with van der Waals surface area (Å²) in [6.07, 6.45) is 22.8. The van der Waals surface area contributed by atoms with Gasteiger partial charge in [0.2, 0.25) is 0 Å². The van der Waals surface area contributed by atoms with Crippen LogP contribution in [0.15, 0.2) is 30.3 Å². The zero-order valence-corrected chi connectivity index (χ0v) is 20.9. The van der Waals surface area contributed by atoms with Gasteiger partial charge < -0.3 is 0 Å². The van der Waals surface area contributed by atoms with Gasteiger partial charge in [0.05, 0.1) is 0 Å². The molecule has 0 fully saturated rings. The molecule has 1 aromatic rings. The smallest absolute Gasteiger partial charge is 0.271 e. The summed E-state index contributed by atoms with van der Waals surface area (Å²) in [5.41, 5.74) is 3.64. The molecule has 0 spiro atoms. The zero-order chi connectivity index (χ0) is 23.5. The van der Waals surface area contributed by atoms with E-state index in [0.717, 1.165) is 12.1 Å². The lowest BCUT2D eigenvalue weighted by Gasteiger charge is -2.03. The van der Waals surface area contributed by atoms with Crippen LogP contribution < -0.4 is 11.3 Å². The summed E-state index contributed by atoms with van der Waals surface area (Å²) in [6.45, 7) is 3.48. The molecule has 0 aliphatic carbocycles. The van der Waals surface area contributed by atoms with Gasteiger partial charge >= 0.3 is 5.09 Å². The average Bonchev–Trinajstić information content (AvgIpc) is 2.83. The molecule has 0 amide bonds. The Morgan fingerprint density at radius 2 is 1.19 bits per heavy atom. The van der Waals surface area contributed by atoms with Crippen molar-refractivity contribution in [2.75, 3.05) is 13.7 Å². The van der Waals surface area contributed by atoms with E-state index in [9.17, 15) is 4.91 Å². The monoisotopic (exact) mass is 452 g/mol. The van der Waals surface area contributed by atoms with E-state index < -0.39 is 0 Å². The maximum Gasteiger partial charge on any atom is 0.477 e. The van der Waals surface area contributed by atoms with Crippen molar-refractivity contribution in [3.63, 3.8) is 0 Å². The topological polar surface area (TPSA) is 76.6 Å². The van der Waals surface area contributed by atoms with Crippen molar-refractivity contribution in [1.29, 1.82) is 0 Å². The van der Waals surface area contributed by atoms with Gasteiger partial charge in [-0.05, 0) is 12.0 Å². The van der Waals surface area contributed by atoms with Gasteiger partial charge in [0.15, 0.2) is 13.7 Å². The highest BCUT2D eigenvalue weighted by Gasteiger charge is 2.07. The predicted molar refractivity (Wildman–Crippen MR) is 134 cm³/mol. The maximum absolute atomic E-state index is 10.5. The molecule has 1 aromatic carbocycles.